The van der Waals surface area contributed by atoms with Crippen molar-refractivity contribution in [3.63, 3.8) is 0 Å². The van der Waals surface area contributed by atoms with E-state index in [4.69, 9.17) is 13.9 Å². The van der Waals surface area contributed by atoms with Crippen molar-refractivity contribution in [2.45, 2.75) is 51.7 Å². The van der Waals surface area contributed by atoms with Gasteiger partial charge in [0, 0.05) is 23.8 Å². The summed E-state index contributed by atoms with van der Waals surface area (Å²) in [5, 5.41) is 31.0. The van der Waals surface area contributed by atoms with E-state index < -0.39 is 5.43 Å². The van der Waals surface area contributed by atoms with Crippen molar-refractivity contribution in [3.8, 4) is 23.0 Å². The molecule has 31 heavy (non-hydrogen) atoms. The molecule has 3 aromatic rings. The molecule has 7 heteroatoms. The van der Waals surface area contributed by atoms with E-state index in [0.717, 1.165) is 18.9 Å². The summed E-state index contributed by atoms with van der Waals surface area (Å²) in [6.07, 6.45) is 2.52. The third-order valence-corrected chi connectivity index (χ3v) is 7.45. The van der Waals surface area contributed by atoms with Crippen LogP contribution >= 0.6 is 0 Å². The standard InChI is InChI=1S/C24H26O7/c1-23(2)17(24(3)6-5-18(23)31-24)9-12-19-16(10-14(27)22(12)29-4)30-15-8-11(25)7-13(26)20(15)21(19)28/h7-8,10,17-18,25-27H,5-6,9H2,1-4H3. The first-order chi connectivity index (χ1) is 14.6. The molecule has 1 aromatic heterocycles. The average molecular weight is 426 g/mol. The summed E-state index contributed by atoms with van der Waals surface area (Å²) < 4.78 is 17.7. The number of hydrogen-bond acceptors (Lipinski definition) is 7. The highest BCUT2D eigenvalue weighted by Gasteiger charge is 2.60. The Labute approximate surface area is 178 Å². The molecule has 7 nitrogen and oxygen atoms in total. The zero-order valence-electron chi connectivity index (χ0n) is 18.0. The first-order valence-corrected chi connectivity index (χ1v) is 10.5. The van der Waals surface area contributed by atoms with Crippen molar-refractivity contribution in [2.75, 3.05) is 7.11 Å². The SMILES string of the molecule is COc1c(O)cc2oc3cc(O)cc(O)c3c(=O)c2c1CC1C2(C)CCC(O2)C1(C)C. The smallest absolute Gasteiger partial charge is 0.204 e. The first-order valence-electron chi connectivity index (χ1n) is 10.5. The highest BCUT2D eigenvalue weighted by atomic mass is 16.5. The Morgan fingerprint density at radius 1 is 1.06 bits per heavy atom. The lowest BCUT2D eigenvalue weighted by Gasteiger charge is -2.39. The molecule has 2 aromatic carbocycles. The van der Waals surface area contributed by atoms with Gasteiger partial charge in [0.15, 0.2) is 11.5 Å². The molecule has 5 rings (SSSR count). The van der Waals surface area contributed by atoms with Crippen molar-refractivity contribution in [1.29, 1.82) is 0 Å². The number of phenols is 3. The van der Waals surface area contributed by atoms with Crippen LogP contribution in [-0.4, -0.2) is 34.1 Å². The van der Waals surface area contributed by atoms with Gasteiger partial charge in [-0.15, -0.1) is 0 Å². The summed E-state index contributed by atoms with van der Waals surface area (Å²) in [4.78, 5) is 13.5. The molecule has 164 valence electrons. The molecule has 3 atom stereocenters. The third kappa shape index (κ3) is 2.65. The van der Waals surface area contributed by atoms with Gasteiger partial charge < -0.3 is 29.2 Å². The van der Waals surface area contributed by atoms with Crippen LogP contribution in [0.1, 0.15) is 39.2 Å². The van der Waals surface area contributed by atoms with Crippen LogP contribution in [0.5, 0.6) is 23.0 Å². The maximum atomic E-state index is 13.5. The van der Waals surface area contributed by atoms with Crippen LogP contribution in [0.2, 0.25) is 0 Å². The largest absolute Gasteiger partial charge is 0.508 e. The Hall–Kier alpha value is -2.93. The number of ether oxygens (including phenoxy) is 2. The molecule has 2 aliphatic rings. The maximum absolute atomic E-state index is 13.5. The molecular weight excluding hydrogens is 400 g/mol. The molecule has 2 saturated heterocycles. The number of aromatic hydroxyl groups is 3. The topological polar surface area (TPSA) is 109 Å². The number of phenolic OH excluding ortho intramolecular Hbond substituents is 3. The van der Waals surface area contributed by atoms with Crippen LogP contribution in [0.3, 0.4) is 0 Å². The van der Waals surface area contributed by atoms with Gasteiger partial charge in [-0.3, -0.25) is 4.79 Å². The minimum atomic E-state index is -0.436. The molecule has 2 fully saturated rings. The van der Waals surface area contributed by atoms with Crippen LogP contribution in [0.4, 0.5) is 0 Å². The number of methoxy groups -OCH3 is 1. The van der Waals surface area contributed by atoms with E-state index in [1.54, 1.807) is 0 Å². The third-order valence-electron chi connectivity index (χ3n) is 7.45. The van der Waals surface area contributed by atoms with Gasteiger partial charge in [-0.05, 0) is 37.5 Å². The lowest BCUT2D eigenvalue weighted by atomic mass is 9.62. The van der Waals surface area contributed by atoms with E-state index in [2.05, 4.69) is 20.8 Å². The summed E-state index contributed by atoms with van der Waals surface area (Å²) in [6, 6.07) is 3.71. The summed E-state index contributed by atoms with van der Waals surface area (Å²) in [5.41, 5.74) is -0.142. The Bertz CT molecular complexity index is 1280. The molecule has 0 aliphatic carbocycles. The van der Waals surface area contributed by atoms with Crippen LogP contribution in [0.25, 0.3) is 21.9 Å². The summed E-state index contributed by atoms with van der Waals surface area (Å²) in [6.45, 7) is 6.46. The van der Waals surface area contributed by atoms with Crippen molar-refractivity contribution >= 4 is 21.9 Å². The molecular formula is C24H26O7. The molecule has 2 bridgehead atoms. The fourth-order valence-corrected chi connectivity index (χ4v) is 5.90. The molecule has 3 unspecified atom stereocenters. The van der Waals surface area contributed by atoms with Gasteiger partial charge in [0.25, 0.3) is 0 Å². The van der Waals surface area contributed by atoms with E-state index in [9.17, 15) is 20.1 Å². The maximum Gasteiger partial charge on any atom is 0.204 e. The number of benzene rings is 2. The van der Waals surface area contributed by atoms with Gasteiger partial charge >= 0.3 is 0 Å². The Morgan fingerprint density at radius 3 is 2.42 bits per heavy atom. The van der Waals surface area contributed by atoms with Crippen molar-refractivity contribution in [2.24, 2.45) is 11.3 Å². The van der Waals surface area contributed by atoms with E-state index >= 15 is 0 Å². The minimum Gasteiger partial charge on any atom is -0.508 e. The fraction of sp³-hybridized carbons (Fsp3) is 0.458. The monoisotopic (exact) mass is 426 g/mol. The van der Waals surface area contributed by atoms with Gasteiger partial charge in [-0.1, -0.05) is 13.8 Å². The fourth-order valence-electron chi connectivity index (χ4n) is 5.90. The van der Waals surface area contributed by atoms with Gasteiger partial charge in [0.2, 0.25) is 5.43 Å². The Morgan fingerprint density at radius 2 is 1.77 bits per heavy atom. The highest BCUT2D eigenvalue weighted by Crippen LogP contribution is 2.59. The summed E-state index contributed by atoms with van der Waals surface area (Å²) in [5.74, 6) is -0.414. The summed E-state index contributed by atoms with van der Waals surface area (Å²) in [7, 11) is 1.45. The predicted octanol–water partition coefficient (Wildman–Crippen LogP) is 4.21. The highest BCUT2D eigenvalue weighted by molar-refractivity contribution is 5.96. The molecule has 3 heterocycles. The lowest BCUT2D eigenvalue weighted by molar-refractivity contribution is 0.00597. The van der Waals surface area contributed by atoms with Gasteiger partial charge in [0.05, 0.1) is 24.2 Å². The Kier molecular flexibility index (Phi) is 4.06. The van der Waals surface area contributed by atoms with E-state index in [1.165, 1.54) is 19.2 Å². The molecule has 3 N–H and O–H groups in total. The molecule has 0 spiro atoms. The second kappa shape index (κ2) is 6.29. The van der Waals surface area contributed by atoms with Gasteiger partial charge in [-0.25, -0.2) is 0 Å². The van der Waals surface area contributed by atoms with Crippen LogP contribution < -0.4 is 10.2 Å². The Balaban J connectivity index is 1.81. The van der Waals surface area contributed by atoms with E-state index in [1.807, 2.05) is 0 Å². The quantitative estimate of drug-likeness (QED) is 0.538. The number of hydrogen-bond donors (Lipinski definition) is 3. The van der Waals surface area contributed by atoms with E-state index in [0.29, 0.717) is 12.0 Å². The van der Waals surface area contributed by atoms with Crippen LogP contribution in [0.15, 0.2) is 27.4 Å². The molecule has 0 amide bonds. The van der Waals surface area contributed by atoms with Gasteiger partial charge in [0.1, 0.15) is 28.1 Å². The zero-order valence-corrected chi connectivity index (χ0v) is 18.0. The normalized spacial score (nSPS) is 26.7. The van der Waals surface area contributed by atoms with E-state index in [-0.39, 0.29) is 68.0 Å². The molecule has 0 saturated carbocycles. The first kappa shape index (κ1) is 20.0. The zero-order chi connectivity index (χ0) is 22.3. The lowest BCUT2D eigenvalue weighted by Crippen LogP contribution is -2.42. The molecule has 2 aliphatic heterocycles. The van der Waals surface area contributed by atoms with Crippen LogP contribution in [0, 0.1) is 11.3 Å². The van der Waals surface area contributed by atoms with Crippen molar-refractivity contribution in [1.82, 2.24) is 0 Å². The second-order valence-corrected chi connectivity index (χ2v) is 9.59. The van der Waals surface area contributed by atoms with Crippen molar-refractivity contribution in [3.05, 3.63) is 34.0 Å². The number of fused-ring (bicyclic) bond motifs is 4. The minimum absolute atomic E-state index is 0.0195. The van der Waals surface area contributed by atoms with Gasteiger partial charge in [-0.2, -0.15) is 0 Å². The second-order valence-electron chi connectivity index (χ2n) is 9.59. The van der Waals surface area contributed by atoms with Crippen LogP contribution in [-0.2, 0) is 11.2 Å². The predicted molar refractivity (Wildman–Crippen MR) is 115 cm³/mol. The average Bonchev–Trinajstić information content (AvgIpc) is 3.15. The number of rotatable bonds is 3. The molecule has 0 radical (unpaired) electrons. The van der Waals surface area contributed by atoms with Crippen molar-refractivity contribution < 1.29 is 29.2 Å². The summed E-state index contributed by atoms with van der Waals surface area (Å²) >= 11 is 0.